The number of aromatic carboxylic acids is 1. The fraction of sp³-hybridized carbons (Fsp3) is 0.500. The van der Waals surface area contributed by atoms with Gasteiger partial charge >= 0.3 is 5.97 Å². The molecule has 7 heteroatoms. The summed E-state index contributed by atoms with van der Waals surface area (Å²) in [5.41, 5.74) is -0.488. The van der Waals surface area contributed by atoms with E-state index in [9.17, 15) is 9.18 Å². The number of rotatable bonds is 4. The minimum Gasteiger partial charge on any atom is -0.491 e. The second kappa shape index (κ2) is 6.17. The van der Waals surface area contributed by atoms with Gasteiger partial charge in [-0.15, -0.1) is 0 Å². The highest BCUT2D eigenvalue weighted by Gasteiger charge is 2.28. The lowest BCUT2D eigenvalue weighted by Crippen LogP contribution is -2.41. The molecule has 1 heterocycles. The van der Waals surface area contributed by atoms with E-state index in [0.717, 1.165) is 12.1 Å². The minimum absolute atomic E-state index is 0.00342. The van der Waals surface area contributed by atoms with Gasteiger partial charge in [-0.25, -0.2) is 9.18 Å². The molecule has 0 aromatic heterocycles. The molecule has 1 aliphatic heterocycles. The normalized spacial score (nSPS) is 18.5. The van der Waals surface area contributed by atoms with Crippen molar-refractivity contribution in [3.05, 3.63) is 28.5 Å². The second-order valence-electron chi connectivity index (χ2n) is 5.27. The van der Waals surface area contributed by atoms with Crippen molar-refractivity contribution in [2.24, 2.45) is 5.92 Å². The predicted octanol–water partition coefficient (Wildman–Crippen LogP) is 2.96. The van der Waals surface area contributed by atoms with Crippen LogP contribution in [0.3, 0.4) is 0 Å². The number of benzene rings is 1. The molecule has 0 aliphatic carbocycles. The van der Waals surface area contributed by atoms with E-state index in [-0.39, 0.29) is 23.3 Å². The van der Waals surface area contributed by atoms with Crippen molar-refractivity contribution in [2.75, 3.05) is 19.8 Å². The largest absolute Gasteiger partial charge is 0.491 e. The van der Waals surface area contributed by atoms with Gasteiger partial charge in [0.2, 0.25) is 0 Å². The Morgan fingerprint density at radius 2 is 2.10 bits per heavy atom. The molecule has 1 N–H and O–H groups in total. The van der Waals surface area contributed by atoms with Gasteiger partial charge in [0.05, 0.1) is 30.4 Å². The maximum atomic E-state index is 13.6. The fourth-order valence-corrected chi connectivity index (χ4v) is 2.05. The van der Waals surface area contributed by atoms with Gasteiger partial charge in [-0.2, -0.15) is 0 Å². The average Bonchev–Trinajstić information content (AvgIpc) is 2.40. The summed E-state index contributed by atoms with van der Waals surface area (Å²) in [7, 11) is 0. The van der Waals surface area contributed by atoms with Crippen LogP contribution in [0.15, 0.2) is 12.1 Å². The minimum atomic E-state index is -1.38. The first-order valence-electron chi connectivity index (χ1n) is 6.41. The SMILES string of the molecule is CC1(C)OCC(COc2cc(F)c(C(=O)O)cc2Cl)CO1. The summed E-state index contributed by atoms with van der Waals surface area (Å²) in [6.45, 7) is 4.80. The Hall–Kier alpha value is -1.37. The molecule has 1 saturated heterocycles. The summed E-state index contributed by atoms with van der Waals surface area (Å²) in [5, 5.41) is 8.84. The summed E-state index contributed by atoms with van der Waals surface area (Å²) >= 11 is 5.89. The molecule has 0 bridgehead atoms. The van der Waals surface area contributed by atoms with E-state index in [1.165, 1.54) is 0 Å². The summed E-state index contributed by atoms with van der Waals surface area (Å²) < 4.78 is 30.0. The highest BCUT2D eigenvalue weighted by molar-refractivity contribution is 6.32. The van der Waals surface area contributed by atoms with Gasteiger partial charge in [0.1, 0.15) is 11.6 Å². The number of halogens is 2. The molecule has 1 aliphatic rings. The summed E-state index contributed by atoms with van der Waals surface area (Å²) in [4.78, 5) is 10.8. The predicted molar refractivity (Wildman–Crippen MR) is 73.3 cm³/mol. The first-order chi connectivity index (χ1) is 9.78. The topological polar surface area (TPSA) is 65.0 Å². The van der Waals surface area contributed by atoms with E-state index in [1.807, 2.05) is 13.8 Å². The smallest absolute Gasteiger partial charge is 0.338 e. The van der Waals surface area contributed by atoms with E-state index >= 15 is 0 Å². The van der Waals surface area contributed by atoms with Crippen molar-refractivity contribution >= 4 is 17.6 Å². The lowest BCUT2D eigenvalue weighted by molar-refractivity contribution is -0.264. The van der Waals surface area contributed by atoms with Crippen LogP contribution in [-0.4, -0.2) is 36.7 Å². The number of hydrogen-bond acceptors (Lipinski definition) is 4. The number of carboxylic acids is 1. The van der Waals surface area contributed by atoms with Crippen LogP contribution in [0.1, 0.15) is 24.2 Å². The molecule has 0 saturated carbocycles. The van der Waals surface area contributed by atoms with Gasteiger partial charge in [0.15, 0.2) is 5.79 Å². The van der Waals surface area contributed by atoms with Crippen LogP contribution < -0.4 is 4.74 Å². The van der Waals surface area contributed by atoms with Gasteiger partial charge in [-0.1, -0.05) is 11.6 Å². The molecule has 0 atom stereocenters. The van der Waals surface area contributed by atoms with Crippen molar-refractivity contribution in [3.8, 4) is 5.75 Å². The van der Waals surface area contributed by atoms with Crippen molar-refractivity contribution in [1.29, 1.82) is 0 Å². The first kappa shape index (κ1) is 16.0. The fourth-order valence-electron chi connectivity index (χ4n) is 1.83. The molecular weight excluding hydrogens is 303 g/mol. The highest BCUT2D eigenvalue weighted by atomic mass is 35.5. The van der Waals surface area contributed by atoms with Gasteiger partial charge in [0, 0.05) is 12.0 Å². The molecule has 0 amide bonds. The second-order valence-corrected chi connectivity index (χ2v) is 5.67. The van der Waals surface area contributed by atoms with E-state index in [2.05, 4.69) is 0 Å². The zero-order chi connectivity index (χ0) is 15.6. The van der Waals surface area contributed by atoms with E-state index in [4.69, 9.17) is 30.9 Å². The molecule has 0 spiro atoms. The lowest BCUT2D eigenvalue weighted by atomic mass is 10.1. The van der Waals surface area contributed by atoms with E-state index < -0.39 is 23.1 Å². The van der Waals surface area contributed by atoms with Crippen molar-refractivity contribution in [1.82, 2.24) is 0 Å². The van der Waals surface area contributed by atoms with Gasteiger partial charge < -0.3 is 19.3 Å². The van der Waals surface area contributed by atoms with Crippen LogP contribution in [0.25, 0.3) is 0 Å². The molecule has 1 fully saturated rings. The Kier molecular flexibility index (Phi) is 4.70. The number of hydrogen-bond donors (Lipinski definition) is 1. The average molecular weight is 319 g/mol. The Bertz CT molecular complexity index is 536. The zero-order valence-electron chi connectivity index (χ0n) is 11.7. The van der Waals surface area contributed by atoms with Crippen LogP contribution >= 0.6 is 11.6 Å². The van der Waals surface area contributed by atoms with Crippen LogP contribution in [0.5, 0.6) is 5.75 Å². The summed E-state index contributed by atoms with van der Waals surface area (Å²) in [5.74, 6) is -2.78. The highest BCUT2D eigenvalue weighted by Crippen LogP contribution is 2.29. The number of carbonyl (C=O) groups is 1. The molecule has 116 valence electrons. The third kappa shape index (κ3) is 4.06. The third-order valence-electron chi connectivity index (χ3n) is 3.06. The quantitative estimate of drug-likeness (QED) is 0.924. The standard InChI is InChI=1S/C14H16ClFO5/c1-14(2)20-6-8(7-21-14)5-19-12-4-11(16)9(13(17)18)3-10(12)15/h3-4,8H,5-7H2,1-2H3,(H,17,18). The lowest BCUT2D eigenvalue weighted by Gasteiger charge is -2.34. The van der Waals surface area contributed by atoms with Crippen molar-refractivity contribution < 1.29 is 28.5 Å². The molecule has 0 radical (unpaired) electrons. The summed E-state index contributed by atoms with van der Waals surface area (Å²) in [6.07, 6.45) is 0. The Morgan fingerprint density at radius 1 is 1.48 bits per heavy atom. The van der Waals surface area contributed by atoms with E-state index in [0.29, 0.717) is 13.2 Å². The van der Waals surface area contributed by atoms with Gasteiger partial charge in [0.25, 0.3) is 0 Å². The Balaban J connectivity index is 1.98. The maximum Gasteiger partial charge on any atom is 0.338 e. The molecule has 2 rings (SSSR count). The molecular formula is C14H16ClFO5. The van der Waals surface area contributed by atoms with Crippen LogP contribution in [0.2, 0.25) is 5.02 Å². The molecule has 1 aromatic rings. The molecule has 5 nitrogen and oxygen atoms in total. The van der Waals surface area contributed by atoms with E-state index in [1.54, 1.807) is 0 Å². The third-order valence-corrected chi connectivity index (χ3v) is 3.36. The van der Waals surface area contributed by atoms with Crippen LogP contribution in [0.4, 0.5) is 4.39 Å². The Morgan fingerprint density at radius 3 is 2.67 bits per heavy atom. The number of carboxylic acid groups (broad SMARTS) is 1. The van der Waals surface area contributed by atoms with Gasteiger partial charge in [-0.05, 0) is 19.9 Å². The maximum absolute atomic E-state index is 13.6. The molecule has 1 aromatic carbocycles. The van der Waals surface area contributed by atoms with Crippen LogP contribution in [0, 0.1) is 11.7 Å². The summed E-state index contributed by atoms with van der Waals surface area (Å²) in [6, 6.07) is 2.01. The van der Waals surface area contributed by atoms with Crippen molar-refractivity contribution in [3.63, 3.8) is 0 Å². The molecule has 21 heavy (non-hydrogen) atoms. The van der Waals surface area contributed by atoms with Crippen LogP contribution in [-0.2, 0) is 9.47 Å². The monoisotopic (exact) mass is 318 g/mol. The number of ether oxygens (including phenoxy) is 3. The molecule has 0 unspecified atom stereocenters. The van der Waals surface area contributed by atoms with Gasteiger partial charge in [-0.3, -0.25) is 0 Å². The van der Waals surface area contributed by atoms with Crippen molar-refractivity contribution in [2.45, 2.75) is 19.6 Å². The zero-order valence-corrected chi connectivity index (χ0v) is 12.4. The Labute approximate surface area is 126 Å². The first-order valence-corrected chi connectivity index (χ1v) is 6.79.